The van der Waals surface area contributed by atoms with Gasteiger partial charge in [-0.05, 0) is 60.9 Å². The van der Waals surface area contributed by atoms with Crippen LogP contribution in [0.3, 0.4) is 0 Å². The summed E-state index contributed by atoms with van der Waals surface area (Å²) in [6, 6.07) is 7.96. The molecule has 1 heterocycles. The van der Waals surface area contributed by atoms with Crippen molar-refractivity contribution in [1.82, 2.24) is 0 Å². The molecule has 2 aromatic carbocycles. The summed E-state index contributed by atoms with van der Waals surface area (Å²) in [5.41, 5.74) is 4.60. The zero-order chi connectivity index (χ0) is 16.6. The van der Waals surface area contributed by atoms with E-state index in [1.807, 2.05) is 32.0 Å². The summed E-state index contributed by atoms with van der Waals surface area (Å²) in [5, 5.41) is 5.24. The molecule has 3 rings (SSSR count). The fraction of sp³-hybridized carbons (Fsp3) is 0.263. The topological polar surface area (TPSA) is 46.2 Å². The number of benzene rings is 1. The summed E-state index contributed by atoms with van der Waals surface area (Å²) in [6.07, 6.45) is 0.856. The van der Waals surface area contributed by atoms with Crippen LogP contribution in [0.4, 0.5) is 5.69 Å². The molecule has 0 spiro atoms. The number of nitrogens with one attached hydrogen (secondary N) is 1. The van der Waals surface area contributed by atoms with Crippen molar-refractivity contribution in [3.05, 3.63) is 71.7 Å². The van der Waals surface area contributed by atoms with Crippen molar-refractivity contribution >= 4 is 17.0 Å². The lowest BCUT2D eigenvalue weighted by Crippen LogP contribution is -2.36. The van der Waals surface area contributed by atoms with Crippen LogP contribution in [0.1, 0.15) is 21.6 Å². The zero-order valence-corrected chi connectivity index (χ0v) is 14.3. The molecule has 0 saturated heterocycles. The van der Waals surface area contributed by atoms with Crippen LogP contribution >= 0.6 is 11.3 Å². The highest BCUT2D eigenvalue weighted by Gasteiger charge is 2.22. The first kappa shape index (κ1) is 15.7. The van der Waals surface area contributed by atoms with Gasteiger partial charge >= 0.3 is 0 Å². The van der Waals surface area contributed by atoms with Crippen LogP contribution < -0.4 is 16.2 Å². The molecule has 0 aliphatic heterocycles. The molecule has 0 aliphatic rings. The molecular formula is C19H19NO2S. The summed E-state index contributed by atoms with van der Waals surface area (Å²) in [5.74, 6) is 0. The number of rotatable bonds is 5. The van der Waals surface area contributed by atoms with E-state index in [1.165, 1.54) is 16.0 Å². The van der Waals surface area contributed by atoms with Crippen molar-refractivity contribution < 1.29 is 0 Å². The van der Waals surface area contributed by atoms with E-state index in [0.29, 0.717) is 17.8 Å². The van der Waals surface area contributed by atoms with Gasteiger partial charge in [0.25, 0.3) is 0 Å². The van der Waals surface area contributed by atoms with Gasteiger partial charge in [0.2, 0.25) is 10.9 Å². The first-order valence-electron chi connectivity index (χ1n) is 7.67. The smallest absolute Gasteiger partial charge is 0.250 e. The van der Waals surface area contributed by atoms with Crippen molar-refractivity contribution in [3.63, 3.8) is 0 Å². The summed E-state index contributed by atoms with van der Waals surface area (Å²) < 4.78 is 0. The van der Waals surface area contributed by atoms with Crippen molar-refractivity contribution in [1.29, 1.82) is 0 Å². The van der Waals surface area contributed by atoms with Crippen molar-refractivity contribution in [2.75, 3.05) is 11.9 Å². The molecule has 0 aliphatic carbocycles. The van der Waals surface area contributed by atoms with Gasteiger partial charge in [0.1, 0.15) is 0 Å². The predicted molar refractivity (Wildman–Crippen MR) is 97.5 cm³/mol. The SMILES string of the molecule is Cc1ccc(-c2c(NCCc3sccc3C)c(=O)c2=O)cc1C. The number of aryl methyl sites for hydroxylation is 3. The Kier molecular flexibility index (Phi) is 4.18. The monoisotopic (exact) mass is 325 g/mol. The van der Waals surface area contributed by atoms with Gasteiger partial charge in [0.15, 0.2) is 0 Å². The molecule has 0 amide bonds. The van der Waals surface area contributed by atoms with Gasteiger partial charge in [-0.15, -0.1) is 11.3 Å². The Morgan fingerprint density at radius 2 is 1.74 bits per heavy atom. The van der Waals surface area contributed by atoms with Gasteiger partial charge in [0, 0.05) is 11.4 Å². The molecule has 0 atom stereocenters. The molecule has 0 bridgehead atoms. The predicted octanol–water partition coefficient (Wildman–Crippen LogP) is 3.59. The molecular weight excluding hydrogens is 306 g/mol. The van der Waals surface area contributed by atoms with E-state index in [9.17, 15) is 9.59 Å². The van der Waals surface area contributed by atoms with Crippen LogP contribution in [0.2, 0.25) is 0 Å². The minimum Gasteiger partial charge on any atom is -0.381 e. The van der Waals surface area contributed by atoms with Crippen LogP contribution in [0, 0.1) is 20.8 Å². The third kappa shape index (κ3) is 2.86. The molecule has 118 valence electrons. The van der Waals surface area contributed by atoms with Crippen LogP contribution in [0.25, 0.3) is 11.1 Å². The normalized spacial score (nSPS) is 11.1. The minimum atomic E-state index is -0.402. The van der Waals surface area contributed by atoms with Crippen LogP contribution in [0.15, 0.2) is 39.2 Å². The van der Waals surface area contributed by atoms with Crippen molar-refractivity contribution in [2.45, 2.75) is 27.2 Å². The number of hydrogen-bond donors (Lipinski definition) is 1. The molecule has 0 unspecified atom stereocenters. The lowest BCUT2D eigenvalue weighted by molar-refractivity contribution is 1.03. The highest BCUT2D eigenvalue weighted by atomic mass is 32.1. The van der Waals surface area contributed by atoms with E-state index >= 15 is 0 Å². The molecule has 1 aromatic heterocycles. The molecule has 3 aromatic rings. The Balaban J connectivity index is 1.80. The zero-order valence-electron chi connectivity index (χ0n) is 13.5. The standard InChI is InChI=1S/C19H19NO2S/c1-11-4-5-14(10-13(11)3)16-17(19(22)18(16)21)20-8-6-15-12(2)7-9-23-15/h4-5,7,9-10,20H,6,8H2,1-3H3. The Hall–Kier alpha value is -2.20. The average Bonchev–Trinajstić information content (AvgIpc) is 2.94. The third-order valence-electron chi connectivity index (χ3n) is 4.33. The van der Waals surface area contributed by atoms with Gasteiger partial charge in [0.05, 0.1) is 11.3 Å². The molecule has 0 radical (unpaired) electrons. The maximum Gasteiger partial charge on any atom is 0.250 e. The largest absolute Gasteiger partial charge is 0.381 e. The molecule has 1 N–H and O–H groups in total. The second-order valence-corrected chi connectivity index (χ2v) is 6.91. The Bertz CT molecular complexity index is 929. The maximum atomic E-state index is 12.0. The number of hydrogen-bond acceptors (Lipinski definition) is 4. The summed E-state index contributed by atoms with van der Waals surface area (Å²) in [6.45, 7) is 6.79. The van der Waals surface area contributed by atoms with Gasteiger partial charge in [-0.25, -0.2) is 0 Å². The summed E-state index contributed by atoms with van der Waals surface area (Å²) in [4.78, 5) is 25.2. The van der Waals surface area contributed by atoms with Crippen LogP contribution in [-0.4, -0.2) is 6.54 Å². The van der Waals surface area contributed by atoms with E-state index in [-0.39, 0.29) is 5.43 Å². The fourth-order valence-electron chi connectivity index (χ4n) is 2.69. The Morgan fingerprint density at radius 3 is 2.39 bits per heavy atom. The molecule has 4 heteroatoms. The highest BCUT2D eigenvalue weighted by Crippen LogP contribution is 2.26. The fourth-order valence-corrected chi connectivity index (χ4v) is 3.60. The Labute approximate surface area is 139 Å². The van der Waals surface area contributed by atoms with E-state index in [2.05, 4.69) is 23.7 Å². The van der Waals surface area contributed by atoms with E-state index in [1.54, 1.807) is 11.3 Å². The average molecular weight is 325 g/mol. The van der Waals surface area contributed by atoms with Crippen LogP contribution in [-0.2, 0) is 6.42 Å². The van der Waals surface area contributed by atoms with Gasteiger partial charge in [-0.1, -0.05) is 18.2 Å². The molecule has 23 heavy (non-hydrogen) atoms. The minimum absolute atomic E-state index is 0.386. The van der Waals surface area contributed by atoms with Crippen molar-refractivity contribution in [3.8, 4) is 11.1 Å². The molecule has 0 saturated carbocycles. The van der Waals surface area contributed by atoms with Gasteiger partial charge in [-0.2, -0.15) is 0 Å². The van der Waals surface area contributed by atoms with Crippen LogP contribution in [0.5, 0.6) is 0 Å². The van der Waals surface area contributed by atoms with E-state index in [0.717, 1.165) is 17.5 Å². The van der Waals surface area contributed by atoms with E-state index in [4.69, 9.17) is 0 Å². The lowest BCUT2D eigenvalue weighted by atomic mass is 9.95. The summed E-state index contributed by atoms with van der Waals surface area (Å²) >= 11 is 1.72. The lowest BCUT2D eigenvalue weighted by Gasteiger charge is -2.14. The van der Waals surface area contributed by atoms with E-state index < -0.39 is 5.43 Å². The number of thiophene rings is 1. The number of anilines is 1. The Morgan fingerprint density at radius 1 is 0.957 bits per heavy atom. The second-order valence-electron chi connectivity index (χ2n) is 5.91. The maximum absolute atomic E-state index is 12.0. The second kappa shape index (κ2) is 6.13. The summed E-state index contributed by atoms with van der Waals surface area (Å²) in [7, 11) is 0. The quantitative estimate of drug-likeness (QED) is 0.729. The first-order valence-corrected chi connectivity index (χ1v) is 8.54. The van der Waals surface area contributed by atoms with Gasteiger partial charge in [-0.3, -0.25) is 9.59 Å². The first-order chi connectivity index (χ1) is 11.0. The highest BCUT2D eigenvalue weighted by molar-refractivity contribution is 7.10. The third-order valence-corrected chi connectivity index (χ3v) is 5.41. The van der Waals surface area contributed by atoms with Gasteiger partial charge < -0.3 is 5.32 Å². The molecule has 3 nitrogen and oxygen atoms in total. The molecule has 0 fully saturated rings. The van der Waals surface area contributed by atoms with Crippen molar-refractivity contribution in [2.24, 2.45) is 0 Å².